The number of hydrogen-bond acceptors (Lipinski definition) is 5. The molecule has 3 saturated heterocycles. The summed E-state index contributed by atoms with van der Waals surface area (Å²) in [5.74, 6) is -0.189. The zero-order valence-corrected chi connectivity index (χ0v) is 19.7. The average molecular weight is 460 g/mol. The second-order valence-corrected chi connectivity index (χ2v) is 10.1. The lowest BCUT2D eigenvalue weighted by Crippen LogP contribution is -2.56. The molecule has 3 fully saturated rings. The van der Waals surface area contributed by atoms with Crippen LogP contribution in [0, 0.1) is 5.92 Å². The van der Waals surface area contributed by atoms with Crippen LogP contribution in [0.1, 0.15) is 43.4 Å². The first-order valence-corrected chi connectivity index (χ1v) is 12.8. The van der Waals surface area contributed by atoms with Gasteiger partial charge in [-0.3, -0.25) is 24.4 Å². The van der Waals surface area contributed by atoms with E-state index >= 15 is 0 Å². The van der Waals surface area contributed by atoms with Gasteiger partial charge < -0.3 is 10.2 Å². The Balaban J connectivity index is 1.34. The SMILES string of the molecule is O=C1NCCCN(Cc2ccccn2)CCCN2C(=O)[C@@]3(c4ccccc42)[C@H]1C[C@@H]1CCCN13. The fraction of sp³-hybridized carbons (Fsp3) is 0.519. The van der Waals surface area contributed by atoms with E-state index in [1.165, 1.54) is 0 Å². The maximum Gasteiger partial charge on any atom is 0.253 e. The number of carbonyl (C=O) groups is 2. The van der Waals surface area contributed by atoms with Gasteiger partial charge in [-0.25, -0.2) is 0 Å². The summed E-state index contributed by atoms with van der Waals surface area (Å²) in [5, 5.41) is 3.22. The molecular formula is C27H33N5O2. The Morgan fingerprint density at radius 2 is 1.82 bits per heavy atom. The largest absolute Gasteiger partial charge is 0.356 e. The Morgan fingerprint density at radius 1 is 0.971 bits per heavy atom. The number of anilines is 1. The van der Waals surface area contributed by atoms with Crippen molar-refractivity contribution in [1.29, 1.82) is 0 Å². The van der Waals surface area contributed by atoms with E-state index in [1.807, 2.05) is 35.4 Å². The molecule has 5 heterocycles. The van der Waals surface area contributed by atoms with E-state index in [2.05, 4.69) is 38.3 Å². The second kappa shape index (κ2) is 8.78. The monoisotopic (exact) mass is 459 g/mol. The number of nitrogens with one attached hydrogen (secondary N) is 1. The van der Waals surface area contributed by atoms with Crippen molar-refractivity contribution in [3.05, 3.63) is 59.9 Å². The highest BCUT2D eigenvalue weighted by molar-refractivity contribution is 6.10. The van der Waals surface area contributed by atoms with Crippen LogP contribution in [0.25, 0.3) is 0 Å². The fourth-order valence-electron chi connectivity index (χ4n) is 6.86. The van der Waals surface area contributed by atoms with E-state index in [4.69, 9.17) is 0 Å². The number of carbonyl (C=O) groups excluding carboxylic acids is 2. The summed E-state index contributed by atoms with van der Waals surface area (Å²) in [4.78, 5) is 39.2. The van der Waals surface area contributed by atoms with Crippen LogP contribution in [0.2, 0.25) is 0 Å². The van der Waals surface area contributed by atoms with Gasteiger partial charge in [0, 0.05) is 56.2 Å². The summed E-state index contributed by atoms with van der Waals surface area (Å²) in [7, 11) is 0. The van der Waals surface area contributed by atoms with Gasteiger partial charge in [-0.1, -0.05) is 24.3 Å². The predicted molar refractivity (Wildman–Crippen MR) is 130 cm³/mol. The first kappa shape index (κ1) is 21.7. The van der Waals surface area contributed by atoms with Gasteiger partial charge in [0.05, 0.1) is 11.6 Å². The Labute approximate surface area is 201 Å². The minimum absolute atomic E-state index is 0.0370. The highest BCUT2D eigenvalue weighted by Crippen LogP contribution is 2.57. The van der Waals surface area contributed by atoms with E-state index in [0.29, 0.717) is 19.1 Å². The fourth-order valence-corrected chi connectivity index (χ4v) is 6.86. The lowest BCUT2D eigenvalue weighted by atomic mass is 9.78. The van der Waals surface area contributed by atoms with Crippen molar-refractivity contribution < 1.29 is 9.59 Å². The first-order valence-electron chi connectivity index (χ1n) is 12.8. The van der Waals surface area contributed by atoms with Crippen LogP contribution < -0.4 is 10.2 Å². The third kappa shape index (κ3) is 3.36. The van der Waals surface area contributed by atoms with Crippen molar-refractivity contribution in [2.45, 2.75) is 50.2 Å². The van der Waals surface area contributed by atoms with Crippen LogP contribution in [0.4, 0.5) is 5.69 Å². The molecule has 7 nitrogen and oxygen atoms in total. The maximum absolute atomic E-state index is 14.3. The van der Waals surface area contributed by atoms with Crippen LogP contribution in [0.15, 0.2) is 48.7 Å². The third-order valence-electron chi connectivity index (χ3n) is 8.25. The maximum atomic E-state index is 14.3. The second-order valence-electron chi connectivity index (χ2n) is 10.1. The summed E-state index contributed by atoms with van der Waals surface area (Å²) in [6, 6.07) is 14.5. The molecule has 0 saturated carbocycles. The van der Waals surface area contributed by atoms with E-state index < -0.39 is 5.54 Å². The zero-order chi connectivity index (χ0) is 23.1. The number of amides is 2. The summed E-state index contributed by atoms with van der Waals surface area (Å²) < 4.78 is 0. The zero-order valence-electron chi connectivity index (χ0n) is 19.7. The molecular weight excluding hydrogens is 426 g/mol. The molecule has 0 unspecified atom stereocenters. The van der Waals surface area contributed by atoms with Gasteiger partial charge in [0.25, 0.3) is 5.91 Å². The molecule has 2 amide bonds. The Morgan fingerprint density at radius 3 is 2.71 bits per heavy atom. The van der Waals surface area contributed by atoms with Crippen molar-refractivity contribution in [3.8, 4) is 0 Å². The van der Waals surface area contributed by atoms with Crippen molar-refractivity contribution in [2.24, 2.45) is 5.92 Å². The van der Waals surface area contributed by atoms with Gasteiger partial charge in [-0.15, -0.1) is 0 Å². The van der Waals surface area contributed by atoms with E-state index in [9.17, 15) is 9.59 Å². The number of benzene rings is 1. The predicted octanol–water partition coefficient (Wildman–Crippen LogP) is 2.52. The first-order chi connectivity index (χ1) is 16.7. The minimum atomic E-state index is -0.844. The molecule has 3 atom stereocenters. The quantitative estimate of drug-likeness (QED) is 0.748. The highest BCUT2D eigenvalue weighted by Gasteiger charge is 2.66. The Bertz CT molecular complexity index is 1080. The van der Waals surface area contributed by atoms with Crippen LogP contribution >= 0.6 is 0 Å². The molecule has 1 spiro atoms. The standard InChI is InChI=1S/C27H33N5O2/c33-25-23-18-21-9-5-17-32(21)27(23)22-10-1-2-11-24(22)31(26(27)34)16-7-15-30(14-6-13-29-25)19-20-8-3-4-12-28-20/h1-4,8,10-12,21,23H,5-7,9,13-19H2,(H,29,33)/t21-,23-,27+/m0/s1. The molecule has 0 aliphatic carbocycles. The molecule has 2 bridgehead atoms. The van der Waals surface area contributed by atoms with E-state index in [1.54, 1.807) is 0 Å². The molecule has 178 valence electrons. The summed E-state index contributed by atoms with van der Waals surface area (Å²) >= 11 is 0. The topological polar surface area (TPSA) is 68.8 Å². The van der Waals surface area contributed by atoms with Crippen LogP contribution in [0.3, 0.4) is 0 Å². The van der Waals surface area contributed by atoms with Gasteiger partial charge in [0.2, 0.25) is 5.91 Å². The van der Waals surface area contributed by atoms with Crippen LogP contribution in [-0.4, -0.2) is 65.4 Å². The number of pyridine rings is 1. The summed E-state index contributed by atoms with van der Waals surface area (Å²) in [6.45, 7) is 4.75. The minimum Gasteiger partial charge on any atom is -0.356 e. The Hall–Kier alpha value is -2.77. The van der Waals surface area contributed by atoms with E-state index in [-0.39, 0.29) is 17.7 Å². The number of para-hydroxylation sites is 1. The third-order valence-corrected chi connectivity index (χ3v) is 8.25. The van der Waals surface area contributed by atoms with Crippen LogP contribution in [0.5, 0.6) is 0 Å². The van der Waals surface area contributed by atoms with Gasteiger partial charge in [-0.2, -0.15) is 0 Å². The summed E-state index contributed by atoms with van der Waals surface area (Å²) in [6.07, 6.45) is 6.55. The molecule has 1 aromatic heterocycles. The number of fused-ring (bicyclic) bond motifs is 4. The molecule has 34 heavy (non-hydrogen) atoms. The highest BCUT2D eigenvalue weighted by atomic mass is 16.2. The lowest BCUT2D eigenvalue weighted by Gasteiger charge is -2.37. The van der Waals surface area contributed by atoms with Gasteiger partial charge in [-0.05, 0) is 56.8 Å². The summed E-state index contributed by atoms with van der Waals surface area (Å²) in [5.41, 5.74) is 2.23. The molecule has 1 N–H and O–H groups in total. The van der Waals surface area contributed by atoms with Gasteiger partial charge >= 0.3 is 0 Å². The molecule has 1 aromatic carbocycles. The number of hydrogen-bond donors (Lipinski definition) is 1. The normalized spacial score (nSPS) is 30.1. The molecule has 7 heteroatoms. The van der Waals surface area contributed by atoms with Gasteiger partial charge in [0.15, 0.2) is 0 Å². The van der Waals surface area contributed by atoms with Crippen molar-refractivity contribution in [3.63, 3.8) is 0 Å². The molecule has 2 aromatic rings. The number of rotatable bonds is 2. The Kier molecular flexibility index (Phi) is 5.62. The number of nitrogens with zero attached hydrogens (tertiary/aromatic N) is 4. The van der Waals surface area contributed by atoms with Crippen molar-refractivity contribution in [2.75, 3.05) is 37.6 Å². The molecule has 0 radical (unpaired) electrons. The van der Waals surface area contributed by atoms with Crippen molar-refractivity contribution >= 4 is 17.5 Å². The molecule has 4 aliphatic rings. The van der Waals surface area contributed by atoms with Crippen LogP contribution in [-0.2, 0) is 21.7 Å². The van der Waals surface area contributed by atoms with Crippen molar-refractivity contribution in [1.82, 2.24) is 20.1 Å². The van der Waals surface area contributed by atoms with E-state index in [0.717, 1.165) is 75.2 Å². The van der Waals surface area contributed by atoms with Gasteiger partial charge in [0.1, 0.15) is 5.54 Å². The average Bonchev–Trinajstić information content (AvgIpc) is 3.51. The number of aromatic nitrogens is 1. The molecule has 6 rings (SSSR count). The smallest absolute Gasteiger partial charge is 0.253 e. The molecule has 4 aliphatic heterocycles. The lowest BCUT2D eigenvalue weighted by molar-refractivity contribution is -0.138.